The number of carbonyl (C=O) groups excluding carboxylic acids is 8. The Morgan fingerprint density at radius 3 is 1.96 bits per heavy atom. The predicted molar refractivity (Wildman–Crippen MR) is 162 cm³/mol. The molecule has 1 heterocycles. The van der Waals surface area contributed by atoms with Crippen LogP contribution in [0.4, 0.5) is 0 Å². The molecule has 15 nitrogen and oxygen atoms in total. The van der Waals surface area contributed by atoms with Crippen LogP contribution in [0.3, 0.4) is 0 Å². The van der Waals surface area contributed by atoms with Crippen molar-refractivity contribution in [2.45, 2.75) is 51.1 Å². The molecule has 0 saturated heterocycles. The molecule has 0 spiro atoms. The van der Waals surface area contributed by atoms with Gasteiger partial charge in [-0.2, -0.15) is 0 Å². The summed E-state index contributed by atoms with van der Waals surface area (Å²) in [4.78, 5) is 99.4. The van der Waals surface area contributed by atoms with E-state index in [9.17, 15) is 38.4 Å². The summed E-state index contributed by atoms with van der Waals surface area (Å²) in [6.45, 7) is 0.563. The third-order valence-corrected chi connectivity index (χ3v) is 6.62. The summed E-state index contributed by atoms with van der Waals surface area (Å²) < 4.78 is 0. The van der Waals surface area contributed by atoms with Crippen molar-refractivity contribution >= 4 is 47.3 Å². The number of amides is 8. The number of imide groups is 1. The van der Waals surface area contributed by atoms with Crippen LogP contribution >= 0.6 is 0 Å². The van der Waals surface area contributed by atoms with Crippen molar-refractivity contribution in [3.05, 3.63) is 48.0 Å². The predicted octanol–water partition coefficient (Wildman–Crippen LogP) is -1.86. The molecule has 2 rings (SSSR count). The molecule has 1 aliphatic rings. The summed E-state index contributed by atoms with van der Waals surface area (Å²) in [6.07, 6.45) is 4.35. The summed E-state index contributed by atoms with van der Waals surface area (Å²) in [6, 6.07) is 7.02. The van der Waals surface area contributed by atoms with Crippen molar-refractivity contribution < 1.29 is 38.4 Å². The molecular weight excluding hydrogens is 586 g/mol. The van der Waals surface area contributed by atoms with E-state index in [1.165, 1.54) is 24.0 Å². The molecule has 2 unspecified atom stereocenters. The molecule has 0 radical (unpaired) electrons. The van der Waals surface area contributed by atoms with Gasteiger partial charge in [0.1, 0.15) is 12.1 Å². The summed E-state index contributed by atoms with van der Waals surface area (Å²) in [7, 11) is 3.11. The molecular formula is C30H41N7O8. The summed E-state index contributed by atoms with van der Waals surface area (Å²) in [5, 5.41) is 12.3. The Morgan fingerprint density at radius 1 is 0.733 bits per heavy atom. The van der Waals surface area contributed by atoms with E-state index in [1.807, 2.05) is 0 Å². The number of benzene rings is 1. The minimum absolute atomic E-state index is 0.112. The average molecular weight is 628 g/mol. The van der Waals surface area contributed by atoms with Crippen molar-refractivity contribution in [1.82, 2.24) is 36.4 Å². The second-order valence-electron chi connectivity index (χ2n) is 10.6. The number of hydrogen-bond donors (Lipinski definition) is 5. The number of nitrogens with one attached hydrogen (secondary N) is 5. The van der Waals surface area contributed by atoms with Gasteiger partial charge in [0.05, 0.1) is 19.6 Å². The lowest BCUT2D eigenvalue weighted by Crippen LogP contribution is -2.53. The Labute approximate surface area is 261 Å². The van der Waals surface area contributed by atoms with Gasteiger partial charge < -0.3 is 31.5 Å². The lowest BCUT2D eigenvalue weighted by molar-refractivity contribution is -0.137. The molecule has 8 amide bonds. The Balaban J connectivity index is 1.73. The normalized spacial score (nSPS) is 13.4. The molecule has 5 N–H and O–H groups in total. The number of rotatable bonds is 18. The molecule has 0 aromatic heterocycles. The highest BCUT2D eigenvalue weighted by atomic mass is 16.2. The fourth-order valence-electron chi connectivity index (χ4n) is 4.23. The zero-order valence-electron chi connectivity index (χ0n) is 25.7. The van der Waals surface area contributed by atoms with E-state index in [-0.39, 0.29) is 49.6 Å². The highest BCUT2D eigenvalue weighted by molar-refractivity contribution is 6.12. The maximum atomic E-state index is 12.9. The van der Waals surface area contributed by atoms with Gasteiger partial charge in [0.15, 0.2) is 0 Å². The van der Waals surface area contributed by atoms with E-state index >= 15 is 0 Å². The molecule has 45 heavy (non-hydrogen) atoms. The maximum absolute atomic E-state index is 12.9. The van der Waals surface area contributed by atoms with Crippen molar-refractivity contribution in [3.8, 4) is 0 Å². The molecule has 0 aliphatic carbocycles. The average Bonchev–Trinajstić information content (AvgIpc) is 3.33. The third-order valence-electron chi connectivity index (χ3n) is 6.62. The largest absolute Gasteiger partial charge is 0.347 e. The second kappa shape index (κ2) is 18.6. The third kappa shape index (κ3) is 13.4. The van der Waals surface area contributed by atoms with Gasteiger partial charge in [-0.05, 0) is 25.3 Å². The van der Waals surface area contributed by atoms with Gasteiger partial charge in [-0.3, -0.25) is 43.3 Å². The summed E-state index contributed by atoms with van der Waals surface area (Å²) >= 11 is 0. The van der Waals surface area contributed by atoms with E-state index < -0.39 is 48.8 Å². The fraction of sp³-hybridized carbons (Fsp3) is 0.467. The summed E-state index contributed by atoms with van der Waals surface area (Å²) in [5.74, 6) is -3.87. The molecule has 0 fully saturated rings. The maximum Gasteiger partial charge on any atom is 0.253 e. The van der Waals surface area contributed by atoms with Crippen LogP contribution in [0.15, 0.2) is 42.5 Å². The Hall–Kier alpha value is -5.08. The quantitative estimate of drug-likeness (QED) is 0.0921. The Kier molecular flexibility index (Phi) is 14.9. The minimum Gasteiger partial charge on any atom is -0.347 e. The van der Waals surface area contributed by atoms with Crippen molar-refractivity contribution in [1.29, 1.82) is 0 Å². The fourth-order valence-corrected chi connectivity index (χ4v) is 4.23. The van der Waals surface area contributed by atoms with Crippen LogP contribution in [0.2, 0.25) is 0 Å². The van der Waals surface area contributed by atoms with E-state index in [2.05, 4.69) is 26.6 Å². The Bertz CT molecular complexity index is 1260. The van der Waals surface area contributed by atoms with Crippen molar-refractivity contribution in [3.63, 3.8) is 0 Å². The lowest BCUT2D eigenvalue weighted by atomic mass is 10.1. The lowest BCUT2D eigenvalue weighted by Gasteiger charge is -2.20. The van der Waals surface area contributed by atoms with Crippen LogP contribution < -0.4 is 26.6 Å². The van der Waals surface area contributed by atoms with Crippen molar-refractivity contribution in [2.75, 3.05) is 40.3 Å². The van der Waals surface area contributed by atoms with Gasteiger partial charge in [-0.15, -0.1) is 0 Å². The van der Waals surface area contributed by atoms with Gasteiger partial charge in [0.2, 0.25) is 35.4 Å². The van der Waals surface area contributed by atoms with E-state index in [1.54, 1.807) is 44.4 Å². The van der Waals surface area contributed by atoms with Crippen molar-refractivity contribution in [2.24, 2.45) is 0 Å². The van der Waals surface area contributed by atoms with Crippen LogP contribution in [0.5, 0.6) is 0 Å². The van der Waals surface area contributed by atoms with Gasteiger partial charge in [0, 0.05) is 45.6 Å². The minimum atomic E-state index is -1.07. The second-order valence-corrected chi connectivity index (χ2v) is 10.6. The monoisotopic (exact) mass is 627 g/mol. The summed E-state index contributed by atoms with van der Waals surface area (Å²) in [5.41, 5.74) is 0.745. The number of unbranched alkanes of at least 4 members (excludes halogenated alkanes) is 2. The van der Waals surface area contributed by atoms with Crippen LogP contribution in [-0.4, -0.2) is 109 Å². The van der Waals surface area contributed by atoms with Gasteiger partial charge in [-0.25, -0.2) is 0 Å². The topological polar surface area (TPSA) is 203 Å². The molecule has 2 atom stereocenters. The number of hydrogen-bond acceptors (Lipinski definition) is 8. The van der Waals surface area contributed by atoms with Crippen LogP contribution in [0.1, 0.15) is 38.2 Å². The van der Waals surface area contributed by atoms with Gasteiger partial charge >= 0.3 is 0 Å². The molecule has 1 aromatic rings. The zero-order valence-corrected chi connectivity index (χ0v) is 25.7. The standard InChI is InChI=1S/C30H41N7O8/c1-20(30(45)36(2)3)34-25(40)19-33-29(44)22(16-21-10-6-4-7-11-21)35-26(41)18-32-24(39)17-31-23(38)12-8-5-9-15-37-27(42)13-14-28(37)43/h4,6-7,10-11,13-14,20,22H,5,8-9,12,15-19H2,1-3H3,(H,31,38)(H,32,39)(H,33,44)(H,34,40)(H,35,41). The van der Waals surface area contributed by atoms with Gasteiger partial charge in [0.25, 0.3) is 11.8 Å². The molecule has 1 aliphatic heterocycles. The van der Waals surface area contributed by atoms with E-state index in [4.69, 9.17) is 0 Å². The van der Waals surface area contributed by atoms with Gasteiger partial charge in [-0.1, -0.05) is 36.8 Å². The molecule has 0 bridgehead atoms. The number of carbonyl (C=O) groups is 8. The first-order valence-corrected chi connectivity index (χ1v) is 14.6. The van der Waals surface area contributed by atoms with E-state index in [0.29, 0.717) is 19.3 Å². The number of likely N-dealkylation sites (N-methyl/N-ethyl adjacent to an activating group) is 1. The van der Waals surface area contributed by atoms with Crippen LogP contribution in [0.25, 0.3) is 0 Å². The van der Waals surface area contributed by atoms with Crippen LogP contribution in [0, 0.1) is 0 Å². The molecule has 1 aromatic carbocycles. The molecule has 244 valence electrons. The first kappa shape index (κ1) is 36.1. The first-order chi connectivity index (χ1) is 21.4. The first-order valence-electron chi connectivity index (χ1n) is 14.6. The van der Waals surface area contributed by atoms with Crippen LogP contribution in [-0.2, 0) is 44.8 Å². The number of nitrogens with zero attached hydrogens (tertiary/aromatic N) is 2. The molecule has 15 heteroatoms. The SMILES string of the molecule is CC(NC(=O)CNC(=O)C(Cc1ccccc1)NC(=O)CNC(=O)CNC(=O)CCCCCN1C(=O)C=CC1=O)C(=O)N(C)C. The zero-order chi connectivity index (χ0) is 33.4. The highest BCUT2D eigenvalue weighted by Gasteiger charge is 2.24. The smallest absolute Gasteiger partial charge is 0.253 e. The van der Waals surface area contributed by atoms with E-state index in [0.717, 1.165) is 10.5 Å². The highest BCUT2D eigenvalue weighted by Crippen LogP contribution is 2.08. The molecule has 0 saturated carbocycles. The Morgan fingerprint density at radius 2 is 1.31 bits per heavy atom.